The molecule has 4 heteroatoms. The summed E-state index contributed by atoms with van der Waals surface area (Å²) < 4.78 is 5.40. The summed E-state index contributed by atoms with van der Waals surface area (Å²) in [5.41, 5.74) is 5.68. The van der Waals surface area contributed by atoms with E-state index in [1.807, 2.05) is 25.1 Å². The molecule has 0 radical (unpaired) electrons. The Labute approximate surface area is 96.4 Å². The lowest BCUT2D eigenvalue weighted by Gasteiger charge is -2.17. The van der Waals surface area contributed by atoms with Crippen LogP contribution in [0, 0.1) is 5.92 Å². The van der Waals surface area contributed by atoms with Crippen molar-refractivity contribution in [2.75, 3.05) is 31.1 Å². The lowest BCUT2D eigenvalue weighted by molar-refractivity contribution is 0.327. The normalized spacial score (nSPS) is 20.1. The van der Waals surface area contributed by atoms with Gasteiger partial charge < -0.3 is 15.4 Å². The quantitative estimate of drug-likeness (QED) is 0.831. The highest BCUT2D eigenvalue weighted by atomic mass is 16.5. The lowest BCUT2D eigenvalue weighted by atomic mass is 10.1. The van der Waals surface area contributed by atoms with Crippen LogP contribution in [-0.4, -0.2) is 31.2 Å². The molecule has 0 aromatic carbocycles. The van der Waals surface area contributed by atoms with E-state index < -0.39 is 0 Å². The third-order valence-corrected chi connectivity index (χ3v) is 2.94. The van der Waals surface area contributed by atoms with Gasteiger partial charge in [-0.2, -0.15) is 4.98 Å². The van der Waals surface area contributed by atoms with Crippen LogP contribution in [0.15, 0.2) is 18.2 Å². The molecule has 2 N–H and O–H groups in total. The van der Waals surface area contributed by atoms with Gasteiger partial charge in [0.2, 0.25) is 5.88 Å². The van der Waals surface area contributed by atoms with E-state index in [1.165, 1.54) is 0 Å². The maximum Gasteiger partial charge on any atom is 0.215 e. The molecule has 1 aliphatic rings. The second kappa shape index (κ2) is 5.16. The van der Waals surface area contributed by atoms with E-state index in [1.54, 1.807) is 0 Å². The fourth-order valence-electron chi connectivity index (χ4n) is 2.04. The first-order valence-electron chi connectivity index (χ1n) is 5.88. The van der Waals surface area contributed by atoms with Crippen molar-refractivity contribution in [3.8, 4) is 5.88 Å². The highest BCUT2D eigenvalue weighted by molar-refractivity contribution is 5.41. The van der Waals surface area contributed by atoms with E-state index in [2.05, 4.69) is 9.88 Å². The first-order valence-corrected chi connectivity index (χ1v) is 5.88. The molecule has 0 bridgehead atoms. The van der Waals surface area contributed by atoms with Gasteiger partial charge in [-0.15, -0.1) is 0 Å². The molecule has 1 aromatic rings. The average Bonchev–Trinajstić information content (AvgIpc) is 2.78. The number of ether oxygens (including phenoxy) is 1. The first-order chi connectivity index (χ1) is 7.83. The second-order valence-corrected chi connectivity index (χ2v) is 4.10. The summed E-state index contributed by atoms with van der Waals surface area (Å²) in [7, 11) is 0. The topological polar surface area (TPSA) is 51.4 Å². The largest absolute Gasteiger partial charge is 0.478 e. The predicted molar refractivity (Wildman–Crippen MR) is 64.8 cm³/mol. The van der Waals surface area contributed by atoms with Crippen molar-refractivity contribution in [1.29, 1.82) is 0 Å². The number of rotatable bonds is 4. The summed E-state index contributed by atoms with van der Waals surface area (Å²) in [4.78, 5) is 6.75. The second-order valence-electron chi connectivity index (χ2n) is 4.10. The van der Waals surface area contributed by atoms with Gasteiger partial charge in [0.15, 0.2) is 0 Å². The van der Waals surface area contributed by atoms with Gasteiger partial charge in [-0.3, -0.25) is 0 Å². The Morgan fingerprint density at radius 1 is 1.56 bits per heavy atom. The van der Waals surface area contributed by atoms with Crippen LogP contribution < -0.4 is 15.4 Å². The molecule has 2 heterocycles. The third kappa shape index (κ3) is 2.44. The highest BCUT2D eigenvalue weighted by Crippen LogP contribution is 2.23. The number of nitrogens with two attached hydrogens (primary N) is 1. The van der Waals surface area contributed by atoms with Crippen LogP contribution in [0.3, 0.4) is 0 Å². The highest BCUT2D eigenvalue weighted by Gasteiger charge is 2.22. The Bertz CT molecular complexity index is 343. The molecule has 4 nitrogen and oxygen atoms in total. The molecule has 0 aliphatic carbocycles. The van der Waals surface area contributed by atoms with Crippen molar-refractivity contribution in [3.63, 3.8) is 0 Å². The Morgan fingerprint density at radius 3 is 3.12 bits per heavy atom. The summed E-state index contributed by atoms with van der Waals surface area (Å²) in [5.74, 6) is 2.32. The van der Waals surface area contributed by atoms with Gasteiger partial charge in [0.25, 0.3) is 0 Å². The van der Waals surface area contributed by atoms with Gasteiger partial charge in [0, 0.05) is 19.2 Å². The summed E-state index contributed by atoms with van der Waals surface area (Å²) in [6.07, 6.45) is 1.16. The SMILES string of the molecule is CCOc1cccc(N2CCC(CN)C2)n1. The Hall–Kier alpha value is -1.29. The zero-order valence-corrected chi connectivity index (χ0v) is 9.72. The monoisotopic (exact) mass is 221 g/mol. The van der Waals surface area contributed by atoms with Crippen molar-refractivity contribution in [1.82, 2.24) is 4.98 Å². The molecule has 1 fully saturated rings. The van der Waals surface area contributed by atoms with E-state index in [9.17, 15) is 0 Å². The van der Waals surface area contributed by atoms with E-state index in [-0.39, 0.29) is 0 Å². The first kappa shape index (κ1) is 11.2. The molecular weight excluding hydrogens is 202 g/mol. The van der Waals surface area contributed by atoms with Gasteiger partial charge in [0.05, 0.1) is 6.61 Å². The summed E-state index contributed by atoms with van der Waals surface area (Å²) >= 11 is 0. The number of nitrogens with zero attached hydrogens (tertiary/aromatic N) is 2. The average molecular weight is 221 g/mol. The standard InChI is InChI=1S/C12H19N3O/c1-2-16-12-5-3-4-11(14-12)15-7-6-10(8-13)9-15/h3-5,10H,2,6-9,13H2,1H3. The number of anilines is 1. The van der Waals surface area contributed by atoms with Crippen molar-refractivity contribution >= 4 is 5.82 Å². The van der Waals surface area contributed by atoms with Gasteiger partial charge >= 0.3 is 0 Å². The fourth-order valence-corrected chi connectivity index (χ4v) is 2.04. The van der Waals surface area contributed by atoms with Crippen LogP contribution in [-0.2, 0) is 0 Å². The van der Waals surface area contributed by atoms with Crippen LogP contribution in [0.5, 0.6) is 5.88 Å². The number of hydrogen-bond acceptors (Lipinski definition) is 4. The maximum atomic E-state index is 5.68. The van der Waals surface area contributed by atoms with Crippen molar-refractivity contribution in [2.45, 2.75) is 13.3 Å². The summed E-state index contributed by atoms with van der Waals surface area (Å²) in [5, 5.41) is 0. The Morgan fingerprint density at radius 2 is 2.44 bits per heavy atom. The molecular formula is C12H19N3O. The summed E-state index contributed by atoms with van der Waals surface area (Å²) in [6, 6.07) is 5.91. The van der Waals surface area contributed by atoms with Crippen molar-refractivity contribution < 1.29 is 4.74 Å². The minimum absolute atomic E-state index is 0.609. The van der Waals surface area contributed by atoms with Gasteiger partial charge in [-0.05, 0) is 31.9 Å². The molecule has 0 saturated carbocycles. The van der Waals surface area contributed by atoms with Gasteiger partial charge in [0.1, 0.15) is 5.82 Å². The van der Waals surface area contributed by atoms with Crippen LogP contribution in [0.25, 0.3) is 0 Å². The summed E-state index contributed by atoms with van der Waals surface area (Å²) in [6.45, 7) is 5.45. The Kier molecular flexibility index (Phi) is 3.62. The van der Waals surface area contributed by atoms with Crippen LogP contribution in [0.1, 0.15) is 13.3 Å². The van der Waals surface area contributed by atoms with Gasteiger partial charge in [-0.1, -0.05) is 6.07 Å². The minimum Gasteiger partial charge on any atom is -0.478 e. The van der Waals surface area contributed by atoms with E-state index in [0.29, 0.717) is 18.4 Å². The van der Waals surface area contributed by atoms with Crippen LogP contribution in [0.4, 0.5) is 5.82 Å². The van der Waals surface area contributed by atoms with E-state index in [4.69, 9.17) is 10.5 Å². The fraction of sp³-hybridized carbons (Fsp3) is 0.583. The molecule has 88 valence electrons. The smallest absolute Gasteiger partial charge is 0.215 e. The molecule has 1 unspecified atom stereocenters. The zero-order chi connectivity index (χ0) is 11.4. The molecule has 1 aromatic heterocycles. The van der Waals surface area contributed by atoms with Crippen LogP contribution >= 0.6 is 0 Å². The van der Waals surface area contributed by atoms with Crippen molar-refractivity contribution in [2.24, 2.45) is 11.7 Å². The molecule has 2 rings (SSSR count). The third-order valence-electron chi connectivity index (χ3n) is 2.94. The molecule has 16 heavy (non-hydrogen) atoms. The molecule has 0 spiro atoms. The molecule has 1 atom stereocenters. The number of pyridine rings is 1. The zero-order valence-electron chi connectivity index (χ0n) is 9.72. The van der Waals surface area contributed by atoms with E-state index >= 15 is 0 Å². The van der Waals surface area contributed by atoms with Crippen LogP contribution in [0.2, 0.25) is 0 Å². The minimum atomic E-state index is 0.609. The molecule has 0 amide bonds. The number of hydrogen-bond donors (Lipinski definition) is 1. The lowest BCUT2D eigenvalue weighted by Crippen LogP contribution is -2.23. The Balaban J connectivity index is 2.06. The predicted octanol–water partition coefficient (Wildman–Crippen LogP) is 1.27. The molecule has 1 saturated heterocycles. The number of aromatic nitrogens is 1. The molecule has 1 aliphatic heterocycles. The maximum absolute atomic E-state index is 5.68. The van der Waals surface area contributed by atoms with Gasteiger partial charge in [-0.25, -0.2) is 0 Å². The van der Waals surface area contributed by atoms with E-state index in [0.717, 1.165) is 31.9 Å². The van der Waals surface area contributed by atoms with Crippen molar-refractivity contribution in [3.05, 3.63) is 18.2 Å².